The lowest BCUT2D eigenvalue weighted by atomic mass is 9.95. The maximum absolute atomic E-state index is 13.7. The molecule has 1 atom stereocenters. The van der Waals surface area contributed by atoms with E-state index in [0.717, 1.165) is 41.8 Å². The Bertz CT molecular complexity index is 1180. The van der Waals surface area contributed by atoms with Gasteiger partial charge in [0.2, 0.25) is 21.8 Å². The summed E-state index contributed by atoms with van der Waals surface area (Å²) in [5, 5.41) is 3.10. The molecule has 1 fully saturated rings. The molecule has 10 heteroatoms. The van der Waals surface area contributed by atoms with E-state index in [-0.39, 0.29) is 24.2 Å². The highest BCUT2D eigenvalue weighted by Gasteiger charge is 2.31. The molecule has 0 aliphatic heterocycles. The molecule has 3 rings (SSSR count). The normalized spacial score (nSPS) is 14.8. The highest BCUT2D eigenvalue weighted by molar-refractivity contribution is 7.92. The zero-order valence-corrected chi connectivity index (χ0v) is 23.5. The summed E-state index contributed by atoms with van der Waals surface area (Å²) < 4.78 is 37.2. The van der Waals surface area contributed by atoms with Gasteiger partial charge in [-0.2, -0.15) is 0 Å². The van der Waals surface area contributed by atoms with Crippen LogP contribution in [0.5, 0.6) is 11.5 Å². The third kappa shape index (κ3) is 7.86. The molecule has 2 aromatic rings. The second kappa shape index (κ2) is 13.5. The van der Waals surface area contributed by atoms with Crippen molar-refractivity contribution in [1.29, 1.82) is 0 Å². The van der Waals surface area contributed by atoms with Gasteiger partial charge in [-0.25, -0.2) is 8.42 Å². The van der Waals surface area contributed by atoms with E-state index in [9.17, 15) is 18.0 Å². The van der Waals surface area contributed by atoms with E-state index in [0.29, 0.717) is 17.9 Å². The highest BCUT2D eigenvalue weighted by atomic mass is 32.2. The second-order valence-corrected chi connectivity index (χ2v) is 11.6. The molecule has 1 saturated carbocycles. The fourth-order valence-electron chi connectivity index (χ4n) is 4.73. The van der Waals surface area contributed by atoms with Gasteiger partial charge in [0, 0.05) is 18.7 Å². The molecule has 208 valence electrons. The summed E-state index contributed by atoms with van der Waals surface area (Å²) in [5.41, 5.74) is 1.28. The molecule has 1 aliphatic rings. The number of carbonyl (C=O) groups is 2. The molecule has 2 aromatic carbocycles. The number of hydrogen-bond donors (Lipinski definition) is 1. The molecule has 0 unspecified atom stereocenters. The van der Waals surface area contributed by atoms with Gasteiger partial charge in [0.15, 0.2) is 11.5 Å². The van der Waals surface area contributed by atoms with E-state index in [1.807, 2.05) is 30.3 Å². The Morgan fingerprint density at radius 3 is 2.26 bits per heavy atom. The van der Waals surface area contributed by atoms with Crippen molar-refractivity contribution in [3.63, 3.8) is 0 Å². The summed E-state index contributed by atoms with van der Waals surface area (Å²) in [6.07, 6.45) is 6.75. The van der Waals surface area contributed by atoms with Gasteiger partial charge in [0.1, 0.15) is 12.6 Å². The zero-order valence-electron chi connectivity index (χ0n) is 22.7. The first-order chi connectivity index (χ1) is 18.1. The molecule has 38 heavy (non-hydrogen) atoms. The molecule has 0 aromatic heterocycles. The number of sulfonamides is 1. The minimum Gasteiger partial charge on any atom is -0.493 e. The number of nitrogens with one attached hydrogen (secondary N) is 1. The minimum absolute atomic E-state index is 0.101. The molecular weight excluding hydrogens is 506 g/mol. The number of anilines is 1. The SMILES string of the molecule is COc1ccc(N(CC(=O)N(CCc2ccccc2)[C@H](C)C(=O)NC2CCCCC2)S(C)(=O)=O)cc1OC. The van der Waals surface area contributed by atoms with Gasteiger partial charge in [-0.3, -0.25) is 13.9 Å². The van der Waals surface area contributed by atoms with E-state index in [2.05, 4.69) is 5.32 Å². The van der Waals surface area contributed by atoms with Gasteiger partial charge < -0.3 is 19.7 Å². The standard InChI is InChI=1S/C28H39N3O6S/c1-21(28(33)29-23-13-9-6-10-14-23)30(18-17-22-11-7-5-8-12-22)27(32)20-31(38(4,34)35)24-15-16-25(36-2)26(19-24)37-3/h5,7-8,11-12,15-16,19,21,23H,6,9-10,13-14,17-18,20H2,1-4H3,(H,29,33)/t21-/m1/s1. The smallest absolute Gasteiger partial charge is 0.244 e. The van der Waals surface area contributed by atoms with Crippen molar-refractivity contribution in [3.8, 4) is 11.5 Å². The molecule has 1 aliphatic carbocycles. The molecule has 0 saturated heterocycles. The Balaban J connectivity index is 1.85. The molecule has 9 nitrogen and oxygen atoms in total. The fraction of sp³-hybridized carbons (Fsp3) is 0.500. The van der Waals surface area contributed by atoms with Crippen molar-refractivity contribution >= 4 is 27.5 Å². The number of carbonyl (C=O) groups excluding carboxylic acids is 2. The molecule has 0 spiro atoms. The molecular formula is C28H39N3O6S. The van der Waals surface area contributed by atoms with Crippen LogP contribution >= 0.6 is 0 Å². The van der Waals surface area contributed by atoms with Crippen molar-refractivity contribution in [3.05, 3.63) is 54.1 Å². The van der Waals surface area contributed by atoms with Gasteiger partial charge in [-0.1, -0.05) is 49.6 Å². The van der Waals surface area contributed by atoms with Crippen LogP contribution in [0.25, 0.3) is 0 Å². The molecule has 1 N–H and O–H groups in total. The number of benzene rings is 2. The largest absolute Gasteiger partial charge is 0.493 e. The van der Waals surface area contributed by atoms with Crippen LogP contribution in [0.2, 0.25) is 0 Å². The van der Waals surface area contributed by atoms with E-state index in [1.165, 1.54) is 31.6 Å². The van der Waals surface area contributed by atoms with Crippen molar-refractivity contribution < 1.29 is 27.5 Å². The number of hydrogen-bond acceptors (Lipinski definition) is 6. The van der Waals surface area contributed by atoms with Crippen LogP contribution in [-0.4, -0.2) is 70.8 Å². The number of methoxy groups -OCH3 is 2. The molecule has 0 radical (unpaired) electrons. The maximum atomic E-state index is 13.7. The maximum Gasteiger partial charge on any atom is 0.244 e. The van der Waals surface area contributed by atoms with Gasteiger partial charge in [-0.15, -0.1) is 0 Å². The summed E-state index contributed by atoms with van der Waals surface area (Å²) in [7, 11) is -0.898. The van der Waals surface area contributed by atoms with E-state index < -0.39 is 28.5 Å². The minimum atomic E-state index is -3.84. The van der Waals surface area contributed by atoms with E-state index in [1.54, 1.807) is 19.1 Å². The third-order valence-corrected chi connectivity index (χ3v) is 8.08. The molecule has 2 amide bonds. The van der Waals surface area contributed by atoms with Crippen molar-refractivity contribution in [2.24, 2.45) is 0 Å². The number of ether oxygens (including phenoxy) is 2. The number of rotatable bonds is 12. The predicted molar refractivity (Wildman–Crippen MR) is 148 cm³/mol. The summed E-state index contributed by atoms with van der Waals surface area (Å²) in [5.74, 6) is 0.0866. The van der Waals surface area contributed by atoms with Crippen molar-refractivity contribution in [1.82, 2.24) is 10.2 Å². The molecule has 0 heterocycles. The number of nitrogens with zero attached hydrogens (tertiary/aromatic N) is 2. The Morgan fingerprint density at radius 2 is 1.66 bits per heavy atom. The Kier molecular flexibility index (Phi) is 10.4. The second-order valence-electron chi connectivity index (χ2n) is 9.65. The van der Waals surface area contributed by atoms with Gasteiger partial charge in [-0.05, 0) is 43.9 Å². The van der Waals surface area contributed by atoms with E-state index >= 15 is 0 Å². The average Bonchev–Trinajstić information content (AvgIpc) is 2.91. The van der Waals surface area contributed by atoms with Gasteiger partial charge >= 0.3 is 0 Å². The van der Waals surface area contributed by atoms with Crippen LogP contribution in [0, 0.1) is 0 Å². The van der Waals surface area contributed by atoms with Crippen molar-refractivity contribution in [2.45, 2.75) is 57.5 Å². The van der Waals surface area contributed by atoms with Crippen LogP contribution in [0.3, 0.4) is 0 Å². The summed E-state index contributed by atoms with van der Waals surface area (Å²) in [6.45, 7) is 1.51. The predicted octanol–water partition coefficient (Wildman–Crippen LogP) is 3.38. The van der Waals surface area contributed by atoms with Crippen LogP contribution in [0.1, 0.15) is 44.6 Å². The summed E-state index contributed by atoms with van der Waals surface area (Å²) in [4.78, 5) is 28.4. The topological polar surface area (TPSA) is 105 Å². The quantitative estimate of drug-likeness (QED) is 0.439. The summed E-state index contributed by atoms with van der Waals surface area (Å²) in [6, 6.07) is 13.7. The zero-order chi connectivity index (χ0) is 27.7. The lowest BCUT2D eigenvalue weighted by molar-refractivity contribution is -0.139. The van der Waals surface area contributed by atoms with Crippen LogP contribution in [-0.2, 0) is 26.0 Å². The Labute approximate surface area is 226 Å². The average molecular weight is 546 g/mol. The lowest BCUT2D eigenvalue weighted by Gasteiger charge is -2.33. The van der Waals surface area contributed by atoms with Crippen LogP contribution in [0.15, 0.2) is 48.5 Å². The first kappa shape index (κ1) is 29.3. The third-order valence-electron chi connectivity index (χ3n) is 6.94. The van der Waals surface area contributed by atoms with Crippen LogP contribution < -0.4 is 19.1 Å². The lowest BCUT2D eigenvalue weighted by Crippen LogP contribution is -2.53. The fourth-order valence-corrected chi connectivity index (χ4v) is 5.57. The molecule has 0 bridgehead atoms. The van der Waals surface area contributed by atoms with Gasteiger partial charge in [0.05, 0.1) is 26.2 Å². The van der Waals surface area contributed by atoms with E-state index in [4.69, 9.17) is 9.47 Å². The van der Waals surface area contributed by atoms with Crippen molar-refractivity contribution in [2.75, 3.05) is 37.9 Å². The Morgan fingerprint density at radius 1 is 1.00 bits per heavy atom. The first-order valence-corrected chi connectivity index (χ1v) is 14.8. The first-order valence-electron chi connectivity index (χ1n) is 13.0. The highest BCUT2D eigenvalue weighted by Crippen LogP contribution is 2.32. The monoisotopic (exact) mass is 545 g/mol. The van der Waals surface area contributed by atoms with Crippen LogP contribution in [0.4, 0.5) is 5.69 Å². The Hall–Kier alpha value is -3.27. The van der Waals surface area contributed by atoms with Gasteiger partial charge in [0.25, 0.3) is 0 Å². The number of amides is 2. The summed E-state index contributed by atoms with van der Waals surface area (Å²) >= 11 is 0.